The van der Waals surface area contributed by atoms with Crippen LogP contribution in [-0.2, 0) is 4.74 Å². The van der Waals surface area contributed by atoms with Crippen LogP contribution in [0.5, 0.6) is 0 Å². The highest BCUT2D eigenvalue weighted by molar-refractivity contribution is 4.89. The summed E-state index contributed by atoms with van der Waals surface area (Å²) >= 11 is 0. The molecule has 0 saturated carbocycles. The third kappa shape index (κ3) is 2.24. The fraction of sp³-hybridized carbons (Fsp3) is 0.900. The Morgan fingerprint density at radius 1 is 1.43 bits per heavy atom. The molecule has 2 rings (SSSR count). The highest BCUT2D eigenvalue weighted by Crippen LogP contribution is 2.26. The quantitative estimate of drug-likeness (QED) is 0.693. The van der Waals surface area contributed by atoms with Crippen molar-refractivity contribution in [3.05, 3.63) is 0 Å². The van der Waals surface area contributed by atoms with Crippen LogP contribution >= 0.6 is 0 Å². The van der Waals surface area contributed by atoms with E-state index in [1.165, 1.54) is 12.8 Å². The molecular weight excluding hydrogens is 178 g/mol. The monoisotopic (exact) mass is 195 g/mol. The SMILES string of the molecule is N#CC(N)CCN1CC2CCC(C1)O2. The lowest BCUT2D eigenvalue weighted by atomic mass is 10.2. The minimum absolute atomic E-state index is 0.310. The number of nitriles is 1. The van der Waals surface area contributed by atoms with Crippen molar-refractivity contribution >= 4 is 0 Å². The van der Waals surface area contributed by atoms with Gasteiger partial charge in [-0.05, 0) is 19.3 Å². The van der Waals surface area contributed by atoms with Crippen LogP contribution in [0.4, 0.5) is 0 Å². The van der Waals surface area contributed by atoms with E-state index in [4.69, 9.17) is 15.7 Å². The molecule has 2 heterocycles. The second-order valence-electron chi connectivity index (χ2n) is 4.24. The van der Waals surface area contributed by atoms with Crippen LogP contribution in [0.15, 0.2) is 0 Å². The second kappa shape index (κ2) is 4.26. The van der Waals surface area contributed by atoms with E-state index in [2.05, 4.69) is 11.0 Å². The zero-order valence-electron chi connectivity index (χ0n) is 8.35. The molecule has 2 aliphatic heterocycles. The molecule has 2 saturated heterocycles. The summed E-state index contributed by atoms with van der Waals surface area (Å²) < 4.78 is 5.72. The van der Waals surface area contributed by atoms with Crippen LogP contribution < -0.4 is 5.73 Å². The van der Waals surface area contributed by atoms with E-state index < -0.39 is 0 Å². The van der Waals surface area contributed by atoms with Gasteiger partial charge in [0.1, 0.15) is 0 Å². The van der Waals surface area contributed by atoms with Gasteiger partial charge in [-0.25, -0.2) is 0 Å². The zero-order valence-corrected chi connectivity index (χ0v) is 8.35. The van der Waals surface area contributed by atoms with E-state index in [9.17, 15) is 0 Å². The number of nitrogens with two attached hydrogens (primary N) is 1. The van der Waals surface area contributed by atoms with Gasteiger partial charge in [-0.2, -0.15) is 5.26 Å². The third-order valence-corrected chi connectivity index (χ3v) is 3.04. The van der Waals surface area contributed by atoms with Crippen molar-refractivity contribution in [1.29, 1.82) is 5.26 Å². The van der Waals surface area contributed by atoms with E-state index in [0.29, 0.717) is 12.2 Å². The number of hydrogen-bond acceptors (Lipinski definition) is 4. The van der Waals surface area contributed by atoms with Crippen molar-refractivity contribution < 1.29 is 4.74 Å². The van der Waals surface area contributed by atoms with Crippen molar-refractivity contribution in [2.45, 2.75) is 37.5 Å². The van der Waals surface area contributed by atoms with Crippen LogP contribution in [0.3, 0.4) is 0 Å². The highest BCUT2D eigenvalue weighted by Gasteiger charge is 2.33. The normalized spacial score (nSPS) is 34.0. The number of rotatable bonds is 3. The Morgan fingerprint density at radius 3 is 2.64 bits per heavy atom. The Labute approximate surface area is 84.6 Å². The van der Waals surface area contributed by atoms with E-state index in [1.54, 1.807) is 0 Å². The number of morpholine rings is 1. The van der Waals surface area contributed by atoms with Crippen LogP contribution in [0, 0.1) is 11.3 Å². The first kappa shape index (κ1) is 9.91. The first-order valence-electron chi connectivity index (χ1n) is 5.31. The first-order valence-corrected chi connectivity index (χ1v) is 5.31. The maximum Gasteiger partial charge on any atom is 0.0940 e. The molecule has 0 aromatic rings. The Kier molecular flexibility index (Phi) is 3.02. The molecule has 2 aliphatic rings. The molecule has 78 valence electrons. The summed E-state index contributed by atoms with van der Waals surface area (Å²) in [5, 5.41) is 8.56. The molecule has 0 aliphatic carbocycles. The van der Waals surface area contributed by atoms with Crippen molar-refractivity contribution in [1.82, 2.24) is 4.90 Å². The van der Waals surface area contributed by atoms with E-state index in [0.717, 1.165) is 26.1 Å². The summed E-state index contributed by atoms with van der Waals surface area (Å²) in [6, 6.07) is 1.75. The Bertz CT molecular complexity index is 226. The Balaban J connectivity index is 1.75. The molecular formula is C10H17N3O. The predicted molar refractivity (Wildman–Crippen MR) is 52.5 cm³/mol. The summed E-state index contributed by atoms with van der Waals surface area (Å²) in [7, 11) is 0. The topological polar surface area (TPSA) is 62.3 Å². The van der Waals surface area contributed by atoms with Gasteiger partial charge in [-0.1, -0.05) is 0 Å². The Morgan fingerprint density at radius 2 is 2.07 bits per heavy atom. The predicted octanol–water partition coefficient (Wildman–Crippen LogP) is 0.0906. The van der Waals surface area contributed by atoms with Crippen LogP contribution in [0.1, 0.15) is 19.3 Å². The number of hydrogen-bond donors (Lipinski definition) is 1. The van der Waals surface area contributed by atoms with Crippen LogP contribution in [0.25, 0.3) is 0 Å². The average Bonchev–Trinajstić information content (AvgIpc) is 2.54. The molecule has 0 spiro atoms. The minimum Gasteiger partial charge on any atom is -0.372 e. The van der Waals surface area contributed by atoms with Gasteiger partial charge in [0.05, 0.1) is 24.3 Å². The van der Waals surface area contributed by atoms with Crippen LogP contribution in [0.2, 0.25) is 0 Å². The van der Waals surface area contributed by atoms with Crippen molar-refractivity contribution in [2.24, 2.45) is 5.73 Å². The smallest absolute Gasteiger partial charge is 0.0940 e. The van der Waals surface area contributed by atoms with Crippen LogP contribution in [-0.4, -0.2) is 42.8 Å². The molecule has 4 heteroatoms. The van der Waals surface area contributed by atoms with E-state index in [1.807, 2.05) is 0 Å². The van der Waals surface area contributed by atoms with Gasteiger partial charge in [0.15, 0.2) is 0 Å². The lowest BCUT2D eigenvalue weighted by molar-refractivity contribution is -0.0385. The molecule has 0 radical (unpaired) electrons. The van der Waals surface area contributed by atoms with Gasteiger partial charge in [-0.3, -0.25) is 4.90 Å². The fourth-order valence-corrected chi connectivity index (χ4v) is 2.27. The molecule has 2 bridgehead atoms. The molecule has 0 aromatic heterocycles. The summed E-state index contributed by atoms with van der Waals surface area (Å²) in [4.78, 5) is 2.38. The molecule has 2 fully saturated rings. The van der Waals surface area contributed by atoms with Crippen molar-refractivity contribution in [2.75, 3.05) is 19.6 Å². The van der Waals surface area contributed by atoms with Gasteiger partial charge in [0.25, 0.3) is 0 Å². The second-order valence-corrected chi connectivity index (χ2v) is 4.24. The summed E-state index contributed by atoms with van der Waals surface area (Å²) in [5.41, 5.74) is 5.56. The van der Waals surface area contributed by atoms with Gasteiger partial charge in [0, 0.05) is 19.6 Å². The number of ether oxygens (including phenoxy) is 1. The average molecular weight is 195 g/mol. The van der Waals surface area contributed by atoms with Crippen molar-refractivity contribution in [3.63, 3.8) is 0 Å². The molecule has 0 amide bonds. The summed E-state index contributed by atoms with van der Waals surface area (Å²) in [6.07, 6.45) is 4.05. The minimum atomic E-state index is -0.310. The molecule has 0 aromatic carbocycles. The molecule has 14 heavy (non-hydrogen) atoms. The van der Waals surface area contributed by atoms with Gasteiger partial charge >= 0.3 is 0 Å². The molecule has 3 atom stereocenters. The largest absolute Gasteiger partial charge is 0.372 e. The maximum absolute atomic E-state index is 8.56. The zero-order chi connectivity index (χ0) is 9.97. The summed E-state index contributed by atoms with van der Waals surface area (Å²) in [5.74, 6) is 0. The Hall–Kier alpha value is -0.630. The van der Waals surface area contributed by atoms with E-state index >= 15 is 0 Å². The molecule has 2 N–H and O–H groups in total. The highest BCUT2D eigenvalue weighted by atomic mass is 16.5. The maximum atomic E-state index is 8.56. The third-order valence-electron chi connectivity index (χ3n) is 3.04. The number of fused-ring (bicyclic) bond motifs is 2. The lowest BCUT2D eigenvalue weighted by Crippen LogP contribution is -2.43. The van der Waals surface area contributed by atoms with Crippen molar-refractivity contribution in [3.8, 4) is 6.07 Å². The van der Waals surface area contributed by atoms with Gasteiger partial charge in [-0.15, -0.1) is 0 Å². The summed E-state index contributed by atoms with van der Waals surface area (Å²) in [6.45, 7) is 2.98. The molecule has 4 nitrogen and oxygen atoms in total. The lowest BCUT2D eigenvalue weighted by Gasteiger charge is -2.32. The molecule has 3 unspecified atom stereocenters. The fourth-order valence-electron chi connectivity index (χ4n) is 2.27. The standard InChI is InChI=1S/C10H17N3O/c11-5-8(12)3-4-13-6-9-1-2-10(7-13)14-9/h8-10H,1-4,6-7,12H2. The van der Waals surface area contributed by atoms with E-state index in [-0.39, 0.29) is 6.04 Å². The van der Waals surface area contributed by atoms with Gasteiger partial charge < -0.3 is 10.5 Å². The van der Waals surface area contributed by atoms with Gasteiger partial charge in [0.2, 0.25) is 0 Å². The number of likely N-dealkylation sites (tertiary alicyclic amines) is 1. The number of nitrogens with zero attached hydrogens (tertiary/aromatic N) is 2. The first-order chi connectivity index (χ1) is 6.78.